The van der Waals surface area contributed by atoms with Crippen LogP contribution in [0.2, 0.25) is 0 Å². The number of carbonyl (C=O) groups excluding carboxylic acids is 1. The predicted octanol–water partition coefficient (Wildman–Crippen LogP) is 1.10. The van der Waals surface area contributed by atoms with Crippen LogP contribution in [-0.2, 0) is 24.7 Å². The summed E-state index contributed by atoms with van der Waals surface area (Å²) in [6, 6.07) is 0. The second kappa shape index (κ2) is 6.13. The van der Waals surface area contributed by atoms with Crippen LogP contribution in [0.25, 0.3) is 0 Å². The number of fused-ring (bicyclic) bond motifs is 1. The highest BCUT2D eigenvalue weighted by atomic mass is 16.1. The minimum Gasteiger partial charge on any atom is -0.369 e. The third-order valence-corrected chi connectivity index (χ3v) is 5.68. The zero-order valence-corrected chi connectivity index (χ0v) is 14.8. The lowest BCUT2D eigenvalue weighted by Crippen LogP contribution is -2.29. The monoisotopic (exact) mass is 340 g/mol. The molecule has 132 valence electrons. The Hall–Kier alpha value is -2.44. The summed E-state index contributed by atoms with van der Waals surface area (Å²) in [7, 11) is 1.92. The van der Waals surface area contributed by atoms with Crippen molar-refractivity contribution in [2.24, 2.45) is 18.7 Å². The number of rotatable bonds is 3. The number of nitrogens with zero attached hydrogens (tertiary/aromatic N) is 5. The Bertz CT molecular complexity index is 814. The SMILES string of the molecule is Cc1c([C@H]2CN(c3cnc4c(n3)CCCC4)C[C@@H]2C(N)=O)cnn1C. The molecule has 2 aromatic rings. The minimum atomic E-state index is -0.262. The largest absolute Gasteiger partial charge is 0.369 e. The van der Waals surface area contributed by atoms with Crippen molar-refractivity contribution < 1.29 is 4.79 Å². The van der Waals surface area contributed by atoms with E-state index in [4.69, 9.17) is 10.7 Å². The lowest BCUT2D eigenvalue weighted by Gasteiger charge is -2.20. The van der Waals surface area contributed by atoms with Crippen LogP contribution in [0.1, 0.15) is 41.4 Å². The zero-order valence-electron chi connectivity index (χ0n) is 14.8. The normalized spacial score (nSPS) is 22.9. The van der Waals surface area contributed by atoms with Crippen LogP contribution in [0.15, 0.2) is 12.4 Å². The summed E-state index contributed by atoms with van der Waals surface area (Å²) in [5.74, 6) is 0.405. The lowest BCUT2D eigenvalue weighted by molar-refractivity contribution is -0.121. The summed E-state index contributed by atoms with van der Waals surface area (Å²) in [6.07, 6.45) is 8.08. The van der Waals surface area contributed by atoms with Gasteiger partial charge in [0.1, 0.15) is 5.82 Å². The van der Waals surface area contributed by atoms with Crippen molar-refractivity contribution in [1.29, 1.82) is 0 Å². The third-order valence-electron chi connectivity index (χ3n) is 5.68. The Morgan fingerprint density at radius 2 is 1.96 bits per heavy atom. The second-order valence-corrected chi connectivity index (χ2v) is 7.16. The zero-order chi connectivity index (χ0) is 17.6. The van der Waals surface area contributed by atoms with E-state index in [0.29, 0.717) is 13.1 Å². The van der Waals surface area contributed by atoms with Crippen molar-refractivity contribution in [3.8, 4) is 0 Å². The fourth-order valence-corrected chi connectivity index (χ4v) is 4.06. The van der Waals surface area contributed by atoms with E-state index >= 15 is 0 Å². The van der Waals surface area contributed by atoms with Crippen molar-refractivity contribution in [2.75, 3.05) is 18.0 Å². The first-order chi connectivity index (χ1) is 12.0. The molecule has 0 saturated carbocycles. The van der Waals surface area contributed by atoms with E-state index in [0.717, 1.165) is 41.3 Å². The van der Waals surface area contributed by atoms with Gasteiger partial charge in [-0.15, -0.1) is 0 Å². The summed E-state index contributed by atoms with van der Waals surface area (Å²) in [4.78, 5) is 23.6. The van der Waals surface area contributed by atoms with Gasteiger partial charge >= 0.3 is 0 Å². The van der Waals surface area contributed by atoms with Gasteiger partial charge in [-0.25, -0.2) is 4.98 Å². The fraction of sp³-hybridized carbons (Fsp3) is 0.556. The summed E-state index contributed by atoms with van der Waals surface area (Å²) in [5, 5.41) is 4.33. The standard InChI is InChI=1S/C18H24N6O/c1-11-12(7-21-23(11)2)13-9-24(10-14(13)18(19)25)17-8-20-15-5-3-4-6-16(15)22-17/h7-8,13-14H,3-6,9-10H2,1-2H3,(H2,19,25)/t13-,14+/m1/s1. The van der Waals surface area contributed by atoms with Crippen LogP contribution < -0.4 is 10.6 Å². The molecule has 0 spiro atoms. The van der Waals surface area contributed by atoms with Gasteiger partial charge in [-0.05, 0) is 38.2 Å². The van der Waals surface area contributed by atoms with Crippen molar-refractivity contribution in [1.82, 2.24) is 19.7 Å². The van der Waals surface area contributed by atoms with E-state index in [9.17, 15) is 4.79 Å². The highest BCUT2D eigenvalue weighted by molar-refractivity contribution is 5.79. The van der Waals surface area contributed by atoms with Gasteiger partial charge in [-0.1, -0.05) is 0 Å². The first kappa shape index (κ1) is 16.1. The first-order valence-electron chi connectivity index (χ1n) is 8.92. The van der Waals surface area contributed by atoms with Gasteiger partial charge < -0.3 is 10.6 Å². The van der Waals surface area contributed by atoms with Crippen molar-refractivity contribution >= 4 is 11.7 Å². The van der Waals surface area contributed by atoms with Crippen molar-refractivity contribution in [2.45, 2.75) is 38.5 Å². The van der Waals surface area contributed by atoms with Gasteiger partial charge in [-0.2, -0.15) is 5.10 Å². The predicted molar refractivity (Wildman–Crippen MR) is 94.3 cm³/mol. The molecular weight excluding hydrogens is 316 g/mol. The Kier molecular flexibility index (Phi) is 3.94. The molecule has 2 N–H and O–H groups in total. The Labute approximate surface area is 147 Å². The van der Waals surface area contributed by atoms with Crippen LogP contribution in [-0.4, -0.2) is 38.7 Å². The first-order valence-corrected chi connectivity index (χ1v) is 8.92. The topological polar surface area (TPSA) is 89.9 Å². The number of hydrogen-bond donors (Lipinski definition) is 1. The number of aromatic nitrogens is 4. The molecule has 0 aromatic carbocycles. The van der Waals surface area contributed by atoms with Gasteiger partial charge in [0.15, 0.2) is 0 Å². The Balaban J connectivity index is 1.64. The molecule has 4 rings (SSSR count). The van der Waals surface area contributed by atoms with Gasteiger partial charge in [0.2, 0.25) is 5.91 Å². The molecule has 25 heavy (non-hydrogen) atoms. The van der Waals surface area contributed by atoms with E-state index in [1.54, 1.807) is 0 Å². The molecule has 7 nitrogen and oxygen atoms in total. The fourth-order valence-electron chi connectivity index (χ4n) is 4.06. The molecule has 1 amide bonds. The molecule has 1 fully saturated rings. The number of primary amides is 1. The molecule has 2 aliphatic rings. The molecule has 2 atom stereocenters. The van der Waals surface area contributed by atoms with Gasteiger partial charge in [0.25, 0.3) is 0 Å². The number of aryl methyl sites for hydroxylation is 3. The lowest BCUT2D eigenvalue weighted by atomic mass is 9.89. The maximum absolute atomic E-state index is 12.0. The highest BCUT2D eigenvalue weighted by Crippen LogP contribution is 2.36. The van der Waals surface area contributed by atoms with E-state index < -0.39 is 0 Å². The average Bonchev–Trinajstić information content (AvgIpc) is 3.19. The van der Waals surface area contributed by atoms with Crippen LogP contribution in [0.5, 0.6) is 0 Å². The van der Waals surface area contributed by atoms with E-state index in [-0.39, 0.29) is 17.7 Å². The maximum atomic E-state index is 12.0. The highest BCUT2D eigenvalue weighted by Gasteiger charge is 2.39. The molecule has 3 heterocycles. The van der Waals surface area contributed by atoms with Crippen molar-refractivity contribution in [3.05, 3.63) is 35.0 Å². The molecule has 1 aliphatic heterocycles. The molecule has 0 unspecified atom stereocenters. The molecular formula is C18H24N6O. The average molecular weight is 340 g/mol. The minimum absolute atomic E-state index is 0.0454. The summed E-state index contributed by atoms with van der Waals surface area (Å²) >= 11 is 0. The van der Waals surface area contributed by atoms with E-state index in [1.807, 2.05) is 31.0 Å². The van der Waals surface area contributed by atoms with Crippen LogP contribution in [0.4, 0.5) is 5.82 Å². The van der Waals surface area contributed by atoms with Gasteiger partial charge in [0.05, 0.1) is 29.7 Å². The summed E-state index contributed by atoms with van der Waals surface area (Å²) < 4.78 is 1.84. The third kappa shape index (κ3) is 2.77. The Morgan fingerprint density at radius 1 is 1.20 bits per heavy atom. The molecule has 7 heteroatoms. The quantitative estimate of drug-likeness (QED) is 0.904. The molecule has 0 bridgehead atoms. The van der Waals surface area contributed by atoms with Crippen LogP contribution >= 0.6 is 0 Å². The number of hydrogen-bond acceptors (Lipinski definition) is 5. The van der Waals surface area contributed by atoms with Crippen LogP contribution in [0, 0.1) is 12.8 Å². The second-order valence-electron chi connectivity index (χ2n) is 7.16. The maximum Gasteiger partial charge on any atom is 0.223 e. The number of anilines is 1. The summed E-state index contributed by atoms with van der Waals surface area (Å²) in [5.41, 5.74) is 10.1. The number of carbonyl (C=O) groups is 1. The van der Waals surface area contributed by atoms with Gasteiger partial charge in [0, 0.05) is 31.7 Å². The summed E-state index contributed by atoms with van der Waals surface area (Å²) in [6.45, 7) is 3.33. The molecule has 2 aromatic heterocycles. The molecule has 1 aliphatic carbocycles. The number of amides is 1. The molecule has 0 radical (unpaired) electrons. The van der Waals surface area contributed by atoms with Crippen molar-refractivity contribution in [3.63, 3.8) is 0 Å². The Morgan fingerprint density at radius 3 is 2.64 bits per heavy atom. The van der Waals surface area contributed by atoms with Crippen LogP contribution in [0.3, 0.4) is 0 Å². The number of nitrogens with two attached hydrogens (primary N) is 1. The van der Waals surface area contributed by atoms with Gasteiger partial charge in [-0.3, -0.25) is 14.5 Å². The molecule has 1 saturated heterocycles. The van der Waals surface area contributed by atoms with E-state index in [1.165, 1.54) is 12.8 Å². The smallest absolute Gasteiger partial charge is 0.223 e. The van der Waals surface area contributed by atoms with E-state index in [2.05, 4.69) is 15.0 Å².